The van der Waals surface area contributed by atoms with Gasteiger partial charge in [0, 0.05) is 18.2 Å². The number of hydrogen-bond acceptors (Lipinski definition) is 5. The van der Waals surface area contributed by atoms with Crippen molar-refractivity contribution in [2.75, 3.05) is 18.1 Å². The molecule has 1 unspecified atom stereocenters. The van der Waals surface area contributed by atoms with E-state index in [9.17, 15) is 14.4 Å². The Morgan fingerprint density at radius 3 is 2.45 bits per heavy atom. The van der Waals surface area contributed by atoms with Gasteiger partial charge in [-0.25, -0.2) is 4.90 Å². The topological polar surface area (TPSA) is 102 Å². The molecule has 3 N–H and O–H groups in total. The van der Waals surface area contributed by atoms with Crippen LogP contribution in [0.5, 0.6) is 5.75 Å². The smallest absolute Gasteiger partial charge is 0.266 e. The summed E-state index contributed by atoms with van der Waals surface area (Å²) in [5, 5.41) is 2.94. The standard InChI is InChI=1S/C22H23N3O4/c1-2-29-16-8-6-15(7-9-16)25-21(27)17-10-5-14(11-18(17)22(25)28)20(26)24-19(12-23)13-3-4-13/h5-11,13,19H,2-4,12,23H2,1H3,(H,24,26). The van der Waals surface area contributed by atoms with Crippen molar-refractivity contribution in [3.63, 3.8) is 0 Å². The average molecular weight is 393 g/mol. The number of benzene rings is 2. The maximum atomic E-state index is 12.9. The van der Waals surface area contributed by atoms with Gasteiger partial charge in [-0.1, -0.05) is 0 Å². The Hall–Kier alpha value is -3.19. The Kier molecular flexibility index (Phi) is 5.07. The molecule has 150 valence electrons. The average Bonchev–Trinajstić information content (AvgIpc) is 3.54. The summed E-state index contributed by atoms with van der Waals surface area (Å²) in [6.07, 6.45) is 2.13. The lowest BCUT2D eigenvalue weighted by atomic mass is 10.0. The predicted octanol–water partition coefficient (Wildman–Crippen LogP) is 2.35. The molecule has 2 aliphatic rings. The second-order valence-corrected chi connectivity index (χ2v) is 7.29. The molecule has 7 nitrogen and oxygen atoms in total. The van der Waals surface area contributed by atoms with Gasteiger partial charge in [0.1, 0.15) is 5.75 Å². The second kappa shape index (κ2) is 7.67. The van der Waals surface area contributed by atoms with E-state index < -0.39 is 11.8 Å². The Labute approximate surface area is 168 Å². The highest BCUT2D eigenvalue weighted by Crippen LogP contribution is 2.33. The molecule has 1 aliphatic heterocycles. The minimum absolute atomic E-state index is 0.0616. The molecule has 0 bridgehead atoms. The molecule has 1 aliphatic carbocycles. The summed E-state index contributed by atoms with van der Waals surface area (Å²) < 4.78 is 5.40. The number of anilines is 1. The Bertz CT molecular complexity index is 967. The van der Waals surface area contributed by atoms with E-state index in [-0.39, 0.29) is 23.1 Å². The van der Waals surface area contributed by atoms with Crippen LogP contribution in [0.3, 0.4) is 0 Å². The van der Waals surface area contributed by atoms with Gasteiger partial charge < -0.3 is 15.8 Å². The fourth-order valence-electron chi connectivity index (χ4n) is 3.59. The number of carbonyl (C=O) groups is 3. The zero-order valence-electron chi connectivity index (χ0n) is 16.2. The highest BCUT2D eigenvalue weighted by molar-refractivity contribution is 6.34. The summed E-state index contributed by atoms with van der Waals surface area (Å²) in [5.74, 6) is -0.0381. The SMILES string of the molecule is CCOc1ccc(N2C(=O)c3ccc(C(=O)NC(CN)C4CC4)cc3C2=O)cc1. The van der Waals surface area contributed by atoms with Crippen LogP contribution in [-0.4, -0.2) is 36.9 Å². The van der Waals surface area contributed by atoms with Crippen LogP contribution in [0.15, 0.2) is 42.5 Å². The zero-order valence-corrected chi connectivity index (χ0v) is 16.2. The molecule has 0 aromatic heterocycles. The van der Waals surface area contributed by atoms with Crippen molar-refractivity contribution >= 4 is 23.4 Å². The highest BCUT2D eigenvalue weighted by atomic mass is 16.5. The molecule has 3 amide bonds. The molecule has 2 aromatic carbocycles. The zero-order chi connectivity index (χ0) is 20.5. The van der Waals surface area contributed by atoms with Crippen LogP contribution < -0.4 is 20.7 Å². The lowest BCUT2D eigenvalue weighted by Crippen LogP contribution is -2.41. The minimum atomic E-state index is -0.443. The minimum Gasteiger partial charge on any atom is -0.494 e. The summed E-state index contributed by atoms with van der Waals surface area (Å²) in [6.45, 7) is 2.79. The molecule has 1 saturated carbocycles. The maximum absolute atomic E-state index is 12.9. The molecule has 29 heavy (non-hydrogen) atoms. The van der Waals surface area contributed by atoms with Gasteiger partial charge in [0.25, 0.3) is 17.7 Å². The predicted molar refractivity (Wildman–Crippen MR) is 108 cm³/mol. The lowest BCUT2D eigenvalue weighted by Gasteiger charge is -2.16. The number of nitrogens with one attached hydrogen (secondary N) is 1. The van der Waals surface area contributed by atoms with E-state index in [1.165, 1.54) is 12.1 Å². The monoisotopic (exact) mass is 393 g/mol. The van der Waals surface area contributed by atoms with Gasteiger partial charge in [0.2, 0.25) is 0 Å². The molecule has 0 saturated heterocycles. The van der Waals surface area contributed by atoms with E-state index in [1.54, 1.807) is 30.3 Å². The molecule has 4 rings (SSSR count). The number of ether oxygens (including phenoxy) is 1. The van der Waals surface area contributed by atoms with E-state index >= 15 is 0 Å². The van der Waals surface area contributed by atoms with Crippen LogP contribution in [0.2, 0.25) is 0 Å². The van der Waals surface area contributed by atoms with E-state index in [0.717, 1.165) is 17.7 Å². The normalized spacial score (nSPS) is 16.6. The molecule has 2 aromatic rings. The quantitative estimate of drug-likeness (QED) is 0.703. The molecule has 0 spiro atoms. The Morgan fingerprint density at radius 1 is 1.14 bits per heavy atom. The maximum Gasteiger partial charge on any atom is 0.266 e. The number of imide groups is 1. The van der Waals surface area contributed by atoms with Gasteiger partial charge in [-0.05, 0) is 68.1 Å². The summed E-state index contributed by atoms with van der Waals surface area (Å²) in [5.41, 5.74) is 7.08. The van der Waals surface area contributed by atoms with Crippen molar-refractivity contribution in [2.45, 2.75) is 25.8 Å². The van der Waals surface area contributed by atoms with Gasteiger partial charge >= 0.3 is 0 Å². The van der Waals surface area contributed by atoms with Crippen LogP contribution in [0.25, 0.3) is 0 Å². The number of carbonyl (C=O) groups excluding carboxylic acids is 3. The van der Waals surface area contributed by atoms with Crippen molar-refractivity contribution < 1.29 is 19.1 Å². The first-order valence-corrected chi connectivity index (χ1v) is 9.80. The van der Waals surface area contributed by atoms with Gasteiger partial charge in [0.15, 0.2) is 0 Å². The fourth-order valence-corrected chi connectivity index (χ4v) is 3.59. The first kappa shape index (κ1) is 19.1. The van der Waals surface area contributed by atoms with Crippen molar-refractivity contribution in [3.05, 3.63) is 59.2 Å². The van der Waals surface area contributed by atoms with Crippen LogP contribution in [0, 0.1) is 5.92 Å². The van der Waals surface area contributed by atoms with E-state index in [1.807, 2.05) is 6.92 Å². The second-order valence-electron chi connectivity index (χ2n) is 7.29. The first-order chi connectivity index (χ1) is 14.0. The number of fused-ring (bicyclic) bond motifs is 1. The molecule has 7 heteroatoms. The number of rotatable bonds is 7. The van der Waals surface area contributed by atoms with Crippen LogP contribution >= 0.6 is 0 Å². The van der Waals surface area contributed by atoms with E-state index in [2.05, 4.69) is 5.32 Å². The van der Waals surface area contributed by atoms with E-state index in [4.69, 9.17) is 10.5 Å². The largest absolute Gasteiger partial charge is 0.494 e. The van der Waals surface area contributed by atoms with Gasteiger partial charge in [0.05, 0.1) is 23.4 Å². The van der Waals surface area contributed by atoms with Gasteiger partial charge in [-0.15, -0.1) is 0 Å². The third-order valence-corrected chi connectivity index (χ3v) is 5.32. The first-order valence-electron chi connectivity index (χ1n) is 9.80. The molecule has 1 atom stereocenters. The molecule has 1 fully saturated rings. The summed E-state index contributed by atoms with van der Waals surface area (Å²) in [7, 11) is 0. The van der Waals surface area contributed by atoms with Gasteiger partial charge in [-0.3, -0.25) is 14.4 Å². The van der Waals surface area contributed by atoms with Crippen LogP contribution in [-0.2, 0) is 0 Å². The number of nitrogens with zero attached hydrogens (tertiary/aromatic N) is 1. The Morgan fingerprint density at radius 2 is 1.83 bits per heavy atom. The summed E-state index contributed by atoms with van der Waals surface area (Å²) >= 11 is 0. The lowest BCUT2D eigenvalue weighted by molar-refractivity contribution is 0.0920. The molecule has 0 radical (unpaired) electrons. The number of nitrogens with two attached hydrogens (primary N) is 1. The highest BCUT2D eigenvalue weighted by Gasteiger charge is 2.37. The summed E-state index contributed by atoms with van der Waals surface area (Å²) in [4.78, 5) is 39.4. The molecule has 1 heterocycles. The van der Waals surface area contributed by atoms with Crippen molar-refractivity contribution in [3.8, 4) is 5.75 Å². The third kappa shape index (κ3) is 3.61. The molecular formula is C22H23N3O4. The van der Waals surface area contributed by atoms with Crippen LogP contribution in [0.1, 0.15) is 50.8 Å². The van der Waals surface area contributed by atoms with E-state index in [0.29, 0.717) is 36.1 Å². The third-order valence-electron chi connectivity index (χ3n) is 5.32. The van der Waals surface area contributed by atoms with Crippen molar-refractivity contribution in [2.24, 2.45) is 11.7 Å². The molecular weight excluding hydrogens is 370 g/mol. The van der Waals surface area contributed by atoms with Crippen molar-refractivity contribution in [1.82, 2.24) is 5.32 Å². The number of hydrogen-bond donors (Lipinski definition) is 2. The van der Waals surface area contributed by atoms with Gasteiger partial charge in [-0.2, -0.15) is 0 Å². The van der Waals surface area contributed by atoms with Crippen LogP contribution in [0.4, 0.5) is 5.69 Å². The fraction of sp³-hybridized carbons (Fsp3) is 0.318. The number of amides is 3. The van der Waals surface area contributed by atoms with Crippen molar-refractivity contribution in [1.29, 1.82) is 0 Å². The summed E-state index contributed by atoms with van der Waals surface area (Å²) in [6, 6.07) is 11.3. The Balaban J connectivity index is 1.56.